The number of anilines is 1. The quantitative estimate of drug-likeness (QED) is 0.873. The van der Waals surface area contributed by atoms with Crippen LogP contribution < -0.4 is 10.6 Å². The lowest BCUT2D eigenvalue weighted by molar-refractivity contribution is 0.631. The molecule has 0 amide bonds. The Morgan fingerprint density at radius 1 is 1.00 bits per heavy atom. The van der Waals surface area contributed by atoms with Gasteiger partial charge in [-0.05, 0) is 17.7 Å². The lowest BCUT2D eigenvalue weighted by atomic mass is 10.0. The Hall–Kier alpha value is -2.31. The monoisotopic (exact) mass is 265 g/mol. The van der Waals surface area contributed by atoms with Crippen LogP contribution in [0.3, 0.4) is 0 Å². The van der Waals surface area contributed by atoms with Crippen LogP contribution >= 0.6 is 0 Å². The van der Waals surface area contributed by atoms with Crippen molar-refractivity contribution >= 4 is 5.69 Å². The maximum Gasteiger partial charge on any atom is 0.0665 e. The molecule has 2 aromatic carbocycles. The van der Waals surface area contributed by atoms with Crippen LogP contribution in [0.25, 0.3) is 0 Å². The van der Waals surface area contributed by atoms with Crippen molar-refractivity contribution in [1.82, 2.24) is 0 Å². The summed E-state index contributed by atoms with van der Waals surface area (Å²) in [7, 11) is 0. The van der Waals surface area contributed by atoms with E-state index in [0.29, 0.717) is 19.5 Å². The highest BCUT2D eigenvalue weighted by Crippen LogP contribution is 2.26. The molecule has 2 aromatic rings. The van der Waals surface area contributed by atoms with Crippen molar-refractivity contribution in [1.29, 1.82) is 5.26 Å². The van der Waals surface area contributed by atoms with Crippen molar-refractivity contribution in [3.05, 3.63) is 66.2 Å². The molecule has 2 N–H and O–H groups in total. The first kappa shape index (κ1) is 14.1. The van der Waals surface area contributed by atoms with Gasteiger partial charge in [0.05, 0.1) is 18.5 Å². The molecular formula is C17H19N3. The van der Waals surface area contributed by atoms with Crippen LogP contribution in [0.2, 0.25) is 0 Å². The summed E-state index contributed by atoms with van der Waals surface area (Å²) in [6, 6.07) is 22.6. The van der Waals surface area contributed by atoms with Gasteiger partial charge in [0.2, 0.25) is 0 Å². The van der Waals surface area contributed by atoms with Gasteiger partial charge in [-0.15, -0.1) is 0 Å². The smallest absolute Gasteiger partial charge is 0.0665 e. The third kappa shape index (κ3) is 3.37. The van der Waals surface area contributed by atoms with Gasteiger partial charge in [0, 0.05) is 18.8 Å². The predicted molar refractivity (Wildman–Crippen MR) is 82.3 cm³/mol. The van der Waals surface area contributed by atoms with E-state index in [4.69, 9.17) is 11.0 Å². The van der Waals surface area contributed by atoms with E-state index >= 15 is 0 Å². The summed E-state index contributed by atoms with van der Waals surface area (Å²) in [6.07, 6.45) is 0.484. The highest BCUT2D eigenvalue weighted by atomic mass is 15.2. The zero-order chi connectivity index (χ0) is 14.2. The first-order chi connectivity index (χ1) is 9.86. The average molecular weight is 265 g/mol. The number of nitriles is 1. The van der Waals surface area contributed by atoms with E-state index in [1.807, 2.05) is 36.4 Å². The molecule has 0 saturated heterocycles. The molecule has 3 nitrogen and oxygen atoms in total. The van der Waals surface area contributed by atoms with Crippen LogP contribution in [0.1, 0.15) is 18.0 Å². The molecule has 102 valence electrons. The summed E-state index contributed by atoms with van der Waals surface area (Å²) in [6.45, 7) is 1.20. The van der Waals surface area contributed by atoms with Gasteiger partial charge in [0.15, 0.2) is 0 Å². The van der Waals surface area contributed by atoms with E-state index in [1.165, 1.54) is 5.56 Å². The molecule has 0 radical (unpaired) electrons. The fourth-order valence-electron chi connectivity index (χ4n) is 2.37. The van der Waals surface area contributed by atoms with E-state index in [-0.39, 0.29) is 6.04 Å². The Bertz CT molecular complexity index is 545. The van der Waals surface area contributed by atoms with Crippen LogP contribution in [-0.4, -0.2) is 13.1 Å². The second-order valence-corrected chi connectivity index (χ2v) is 4.60. The van der Waals surface area contributed by atoms with Gasteiger partial charge in [-0.2, -0.15) is 5.26 Å². The number of nitrogens with zero attached hydrogens (tertiary/aromatic N) is 2. The van der Waals surface area contributed by atoms with Gasteiger partial charge in [-0.1, -0.05) is 48.5 Å². The summed E-state index contributed by atoms with van der Waals surface area (Å²) >= 11 is 0. The number of hydrogen-bond acceptors (Lipinski definition) is 3. The lowest BCUT2D eigenvalue weighted by Gasteiger charge is -2.33. The standard InChI is InChI=1S/C17H19N3/c18-12-7-13-20(16-10-5-2-6-11-16)17(14-19)15-8-3-1-4-9-15/h1-6,8-11,17H,7,13-14,19H2. The average Bonchev–Trinajstić information content (AvgIpc) is 2.53. The van der Waals surface area contributed by atoms with Crippen LogP contribution in [0, 0.1) is 11.3 Å². The number of nitrogens with two attached hydrogens (primary N) is 1. The molecule has 20 heavy (non-hydrogen) atoms. The zero-order valence-corrected chi connectivity index (χ0v) is 11.4. The molecule has 1 unspecified atom stereocenters. The molecule has 3 heteroatoms. The van der Waals surface area contributed by atoms with Crippen LogP contribution in [-0.2, 0) is 0 Å². The Balaban J connectivity index is 2.32. The molecule has 0 saturated carbocycles. The minimum Gasteiger partial charge on any atom is -0.362 e. The topological polar surface area (TPSA) is 53.0 Å². The Morgan fingerprint density at radius 3 is 2.15 bits per heavy atom. The molecule has 0 aliphatic heterocycles. The molecule has 0 aliphatic rings. The predicted octanol–water partition coefficient (Wildman–Crippen LogP) is 3.11. The van der Waals surface area contributed by atoms with Gasteiger partial charge in [-0.3, -0.25) is 0 Å². The third-order valence-corrected chi connectivity index (χ3v) is 3.34. The summed E-state index contributed by atoms with van der Waals surface area (Å²) in [5.74, 6) is 0. The molecule has 0 fully saturated rings. The molecule has 0 bridgehead atoms. The summed E-state index contributed by atoms with van der Waals surface area (Å²) in [5, 5.41) is 8.88. The van der Waals surface area contributed by atoms with Gasteiger partial charge in [-0.25, -0.2) is 0 Å². The van der Waals surface area contributed by atoms with E-state index < -0.39 is 0 Å². The molecule has 2 rings (SSSR count). The van der Waals surface area contributed by atoms with Gasteiger partial charge >= 0.3 is 0 Å². The fourth-order valence-corrected chi connectivity index (χ4v) is 2.37. The molecule has 0 heterocycles. The molecule has 0 aromatic heterocycles. The normalized spacial score (nSPS) is 11.6. The number of rotatable bonds is 6. The number of para-hydroxylation sites is 1. The van der Waals surface area contributed by atoms with Gasteiger partial charge in [0.25, 0.3) is 0 Å². The van der Waals surface area contributed by atoms with Crippen molar-refractivity contribution in [3.8, 4) is 6.07 Å². The second kappa shape index (κ2) is 7.32. The minimum atomic E-state index is 0.0898. The fraction of sp³-hybridized carbons (Fsp3) is 0.235. The lowest BCUT2D eigenvalue weighted by Crippen LogP contribution is -2.34. The third-order valence-electron chi connectivity index (χ3n) is 3.34. The summed E-state index contributed by atoms with van der Waals surface area (Å²) < 4.78 is 0. The van der Waals surface area contributed by atoms with E-state index in [2.05, 4.69) is 35.2 Å². The van der Waals surface area contributed by atoms with E-state index in [1.54, 1.807) is 0 Å². The van der Waals surface area contributed by atoms with Gasteiger partial charge in [0.1, 0.15) is 0 Å². The van der Waals surface area contributed by atoms with Crippen molar-refractivity contribution in [2.24, 2.45) is 5.73 Å². The van der Waals surface area contributed by atoms with Crippen molar-refractivity contribution in [2.75, 3.05) is 18.0 Å². The molecule has 0 spiro atoms. The highest BCUT2D eigenvalue weighted by molar-refractivity contribution is 5.49. The highest BCUT2D eigenvalue weighted by Gasteiger charge is 2.18. The van der Waals surface area contributed by atoms with Crippen molar-refractivity contribution < 1.29 is 0 Å². The first-order valence-corrected chi connectivity index (χ1v) is 6.80. The van der Waals surface area contributed by atoms with Crippen molar-refractivity contribution in [3.63, 3.8) is 0 Å². The largest absolute Gasteiger partial charge is 0.362 e. The maximum atomic E-state index is 8.88. The molecule has 1 atom stereocenters. The number of benzene rings is 2. The SMILES string of the molecule is N#CCCN(c1ccccc1)C(CN)c1ccccc1. The summed E-state index contributed by atoms with van der Waals surface area (Å²) in [5.41, 5.74) is 8.27. The first-order valence-electron chi connectivity index (χ1n) is 6.80. The second-order valence-electron chi connectivity index (χ2n) is 4.60. The Labute approximate surface area is 120 Å². The zero-order valence-electron chi connectivity index (χ0n) is 11.4. The molecule has 0 aliphatic carbocycles. The Kier molecular flexibility index (Phi) is 5.16. The van der Waals surface area contributed by atoms with Crippen LogP contribution in [0.5, 0.6) is 0 Å². The van der Waals surface area contributed by atoms with E-state index in [0.717, 1.165) is 5.69 Å². The maximum absolute atomic E-state index is 8.88. The van der Waals surface area contributed by atoms with Crippen molar-refractivity contribution in [2.45, 2.75) is 12.5 Å². The number of hydrogen-bond donors (Lipinski definition) is 1. The van der Waals surface area contributed by atoms with E-state index in [9.17, 15) is 0 Å². The van der Waals surface area contributed by atoms with Gasteiger partial charge < -0.3 is 10.6 Å². The van der Waals surface area contributed by atoms with Crippen LogP contribution in [0.15, 0.2) is 60.7 Å². The molecular weight excluding hydrogens is 246 g/mol. The van der Waals surface area contributed by atoms with Crippen LogP contribution in [0.4, 0.5) is 5.69 Å². The Morgan fingerprint density at radius 2 is 1.60 bits per heavy atom. The minimum absolute atomic E-state index is 0.0898. The summed E-state index contributed by atoms with van der Waals surface area (Å²) in [4.78, 5) is 2.21.